The summed E-state index contributed by atoms with van der Waals surface area (Å²) in [6, 6.07) is 20.7. The molecule has 6 nitrogen and oxygen atoms in total. The van der Waals surface area contributed by atoms with Crippen LogP contribution in [0.5, 0.6) is 0 Å². The molecule has 0 aliphatic carbocycles. The minimum absolute atomic E-state index is 0. The Hall–Kier alpha value is -3.94. The van der Waals surface area contributed by atoms with Crippen molar-refractivity contribution in [2.75, 3.05) is 0 Å². The third-order valence-corrected chi connectivity index (χ3v) is 5.27. The summed E-state index contributed by atoms with van der Waals surface area (Å²) < 4.78 is 0. The number of hydrogen-bond donors (Lipinski definition) is 3. The monoisotopic (exact) mass is 520 g/mol. The van der Waals surface area contributed by atoms with Gasteiger partial charge < -0.3 is 5.73 Å². The van der Waals surface area contributed by atoms with E-state index in [9.17, 15) is 9.59 Å². The van der Waals surface area contributed by atoms with Gasteiger partial charge in [0.25, 0.3) is 11.8 Å². The highest BCUT2D eigenvalue weighted by Crippen LogP contribution is 2.24. The van der Waals surface area contributed by atoms with Crippen LogP contribution in [0.25, 0.3) is 0 Å². The second kappa shape index (κ2) is 13.8. The molecule has 0 aromatic heterocycles. The zero-order valence-corrected chi connectivity index (χ0v) is 21.2. The second-order valence-electron chi connectivity index (χ2n) is 7.54. The van der Waals surface area contributed by atoms with Crippen LogP contribution in [0.2, 0.25) is 10.0 Å². The number of fused-ring (bicyclic) bond motifs is 1. The van der Waals surface area contributed by atoms with Crippen molar-refractivity contribution in [3.63, 3.8) is 0 Å². The van der Waals surface area contributed by atoms with Crippen molar-refractivity contribution in [3.8, 4) is 23.7 Å². The van der Waals surface area contributed by atoms with Gasteiger partial charge in [0, 0.05) is 22.6 Å². The summed E-state index contributed by atoms with van der Waals surface area (Å²) in [5, 5.41) is 1.36. The largest absolute Gasteiger partial charge is 0.318 e. The molecule has 8 heteroatoms. The molecule has 1 aliphatic rings. The number of hydrogen-bond acceptors (Lipinski definition) is 5. The lowest BCUT2D eigenvalue weighted by Crippen LogP contribution is -2.37. The fraction of sp³-hybridized carbons (Fsp3) is 0.143. The number of rotatable bonds is 1. The quantitative estimate of drug-likeness (QED) is 0.200. The van der Waals surface area contributed by atoms with Gasteiger partial charge in [0.05, 0.1) is 23.2 Å². The predicted octanol–water partition coefficient (Wildman–Crippen LogP) is 6.26. The first kappa shape index (κ1) is 28.3. The van der Waals surface area contributed by atoms with Gasteiger partial charge in [-0.1, -0.05) is 59.0 Å². The standard InChI is InChI=1S/C18H12ClNO2.C10H10ClN.H2N2.H2/c1-12(6-7-13-8-10-14(19)11-9-13)20-17(21)15-4-2-3-5-16(15)18(20)22;1-8(12)2-3-9-4-6-10(11)7-5-9;1-2;/h2-5,8-12H,1H3;4-8H,12H2,1H3;1-2H;1H. The summed E-state index contributed by atoms with van der Waals surface area (Å²) in [7, 11) is 0. The number of nitrogens with two attached hydrogens (primary N) is 1. The average molecular weight is 521 g/mol. The van der Waals surface area contributed by atoms with E-state index in [2.05, 4.69) is 23.7 Å². The molecule has 0 spiro atoms. The van der Waals surface area contributed by atoms with Crippen LogP contribution < -0.4 is 5.73 Å². The molecule has 1 aliphatic heterocycles. The minimum Gasteiger partial charge on any atom is -0.318 e. The second-order valence-corrected chi connectivity index (χ2v) is 8.42. The number of amides is 2. The lowest BCUT2D eigenvalue weighted by molar-refractivity contribution is 0.0630. The SMILES string of the molecule is CC(C#Cc1ccc(Cl)cc1)N1C(=O)c2ccccc2C1=O.CC(N)C#Cc1ccc(Cl)cc1.N=N.[HH]. The Labute approximate surface area is 222 Å². The minimum atomic E-state index is -0.497. The van der Waals surface area contributed by atoms with Crippen molar-refractivity contribution < 1.29 is 11.0 Å². The third-order valence-electron chi connectivity index (χ3n) is 4.77. The highest BCUT2D eigenvalue weighted by atomic mass is 35.5. The van der Waals surface area contributed by atoms with Crippen molar-refractivity contribution >= 4 is 35.0 Å². The zero-order valence-electron chi connectivity index (χ0n) is 19.7. The Morgan fingerprint density at radius 2 is 1.14 bits per heavy atom. The van der Waals surface area contributed by atoms with Crippen LogP contribution in [0.1, 0.15) is 47.1 Å². The molecule has 2 unspecified atom stereocenters. The van der Waals surface area contributed by atoms with E-state index < -0.39 is 6.04 Å². The van der Waals surface area contributed by atoms with Gasteiger partial charge in [-0.15, -0.1) is 0 Å². The van der Waals surface area contributed by atoms with E-state index in [-0.39, 0.29) is 19.3 Å². The number of nitrogens with one attached hydrogen (secondary N) is 2. The molecule has 4 N–H and O–H groups in total. The first-order valence-electron chi connectivity index (χ1n) is 10.8. The fourth-order valence-corrected chi connectivity index (χ4v) is 3.33. The number of carbonyl (C=O) groups excluding carboxylic acids is 2. The molecule has 2 atom stereocenters. The lowest BCUT2D eigenvalue weighted by atomic mass is 10.1. The highest BCUT2D eigenvalue weighted by molar-refractivity contribution is 6.30. The van der Waals surface area contributed by atoms with E-state index in [0.717, 1.165) is 16.1 Å². The molecule has 3 aromatic rings. The lowest BCUT2D eigenvalue weighted by Gasteiger charge is -2.17. The molecule has 184 valence electrons. The summed E-state index contributed by atoms with van der Waals surface area (Å²) >= 11 is 11.5. The van der Waals surface area contributed by atoms with Crippen molar-refractivity contribution in [2.24, 2.45) is 5.73 Å². The van der Waals surface area contributed by atoms with Gasteiger partial charge in [0.15, 0.2) is 0 Å². The van der Waals surface area contributed by atoms with Crippen molar-refractivity contribution in [3.05, 3.63) is 105 Å². The topological polar surface area (TPSA) is 111 Å². The first-order valence-corrected chi connectivity index (χ1v) is 11.5. The summed E-state index contributed by atoms with van der Waals surface area (Å²) in [6.07, 6.45) is 0. The first-order chi connectivity index (χ1) is 17.3. The molecular formula is C28H26Cl2N4O2. The van der Waals surface area contributed by atoms with E-state index in [4.69, 9.17) is 40.0 Å². The summed E-state index contributed by atoms with van der Waals surface area (Å²) in [6.45, 7) is 3.59. The van der Waals surface area contributed by atoms with Crippen LogP contribution in [0.4, 0.5) is 0 Å². The molecule has 3 aromatic carbocycles. The molecule has 36 heavy (non-hydrogen) atoms. The van der Waals surface area contributed by atoms with Gasteiger partial charge in [0.2, 0.25) is 0 Å². The molecule has 0 saturated carbocycles. The maximum absolute atomic E-state index is 12.3. The van der Waals surface area contributed by atoms with Gasteiger partial charge in [0.1, 0.15) is 0 Å². The number of carbonyl (C=O) groups is 2. The fourth-order valence-electron chi connectivity index (χ4n) is 3.08. The van der Waals surface area contributed by atoms with Gasteiger partial charge >= 0.3 is 0 Å². The van der Waals surface area contributed by atoms with Crippen LogP contribution >= 0.6 is 23.2 Å². The average Bonchev–Trinajstić information content (AvgIpc) is 3.14. The normalized spacial score (nSPS) is 12.8. The Bertz CT molecular complexity index is 1300. The molecule has 0 radical (unpaired) electrons. The number of benzene rings is 3. The van der Waals surface area contributed by atoms with E-state index in [1.165, 1.54) is 4.90 Å². The van der Waals surface area contributed by atoms with Crippen molar-refractivity contribution in [1.29, 1.82) is 11.1 Å². The zero-order chi connectivity index (χ0) is 26.7. The molecular weight excluding hydrogens is 495 g/mol. The van der Waals surface area contributed by atoms with E-state index in [1.807, 2.05) is 31.2 Å². The Balaban J connectivity index is 0.000000390. The molecule has 0 bridgehead atoms. The summed E-state index contributed by atoms with van der Waals surface area (Å²) in [5.74, 6) is 11.1. The maximum atomic E-state index is 12.3. The van der Waals surface area contributed by atoms with Crippen molar-refractivity contribution in [2.45, 2.75) is 25.9 Å². The molecule has 4 rings (SSSR count). The van der Waals surface area contributed by atoms with Crippen LogP contribution in [-0.2, 0) is 0 Å². The van der Waals surface area contributed by atoms with Gasteiger partial charge in [-0.05, 0) is 74.5 Å². The molecule has 2 amide bonds. The van der Waals surface area contributed by atoms with E-state index in [1.54, 1.807) is 55.5 Å². The van der Waals surface area contributed by atoms with Crippen LogP contribution in [0.15, 0.2) is 72.8 Å². The van der Waals surface area contributed by atoms with Gasteiger partial charge in [-0.25, -0.2) is 11.1 Å². The molecule has 1 heterocycles. The Morgan fingerprint density at radius 3 is 1.53 bits per heavy atom. The summed E-state index contributed by atoms with van der Waals surface area (Å²) in [5.41, 5.74) is 18.1. The number of nitrogens with zero attached hydrogens (tertiary/aromatic N) is 1. The summed E-state index contributed by atoms with van der Waals surface area (Å²) in [4.78, 5) is 25.9. The molecule has 0 fully saturated rings. The van der Waals surface area contributed by atoms with Crippen LogP contribution in [0.3, 0.4) is 0 Å². The number of halogens is 2. The Kier molecular flexibility index (Phi) is 10.9. The smallest absolute Gasteiger partial charge is 0.262 e. The van der Waals surface area contributed by atoms with Crippen molar-refractivity contribution in [1.82, 2.24) is 4.90 Å². The highest BCUT2D eigenvalue weighted by Gasteiger charge is 2.37. The van der Waals surface area contributed by atoms with Gasteiger partial charge in [-0.3, -0.25) is 14.5 Å². The van der Waals surface area contributed by atoms with E-state index in [0.29, 0.717) is 16.1 Å². The van der Waals surface area contributed by atoms with Crippen LogP contribution in [0, 0.1) is 34.7 Å². The molecule has 0 saturated heterocycles. The van der Waals surface area contributed by atoms with Crippen LogP contribution in [-0.4, -0.2) is 28.8 Å². The van der Waals surface area contributed by atoms with E-state index >= 15 is 0 Å². The predicted molar refractivity (Wildman–Crippen MR) is 144 cm³/mol. The number of imide groups is 1. The van der Waals surface area contributed by atoms with Gasteiger partial charge in [-0.2, -0.15) is 0 Å². The maximum Gasteiger partial charge on any atom is 0.262 e. The Morgan fingerprint density at radius 1 is 0.750 bits per heavy atom. The third kappa shape index (κ3) is 7.80.